The third-order valence-electron chi connectivity index (χ3n) is 3.51. The zero-order valence-electron chi connectivity index (χ0n) is 11.1. The van der Waals surface area contributed by atoms with Crippen molar-refractivity contribution >= 4 is 23.3 Å². The molecule has 1 saturated heterocycles. The highest BCUT2D eigenvalue weighted by molar-refractivity contribution is 7.10. The molecule has 1 atom stereocenters. The molecule has 2 aromatic heterocycles. The van der Waals surface area contributed by atoms with Gasteiger partial charge in [0.25, 0.3) is 0 Å². The van der Waals surface area contributed by atoms with E-state index in [0.717, 1.165) is 24.9 Å². The average Bonchev–Trinajstić information content (AvgIpc) is 3.15. The maximum atomic E-state index is 12.3. The molecule has 0 spiro atoms. The van der Waals surface area contributed by atoms with Crippen molar-refractivity contribution in [1.82, 2.24) is 9.88 Å². The maximum Gasteiger partial charge on any atom is 0.247 e. The van der Waals surface area contributed by atoms with E-state index in [9.17, 15) is 4.79 Å². The summed E-state index contributed by atoms with van der Waals surface area (Å²) in [5, 5.41) is 2.07. The second-order valence-corrected chi connectivity index (χ2v) is 5.80. The topological polar surface area (TPSA) is 33.2 Å². The van der Waals surface area contributed by atoms with Crippen LogP contribution in [0.15, 0.2) is 48.1 Å². The van der Waals surface area contributed by atoms with Crippen LogP contribution in [-0.2, 0) is 4.79 Å². The van der Waals surface area contributed by atoms with Crippen LogP contribution in [0.5, 0.6) is 0 Å². The number of likely N-dealkylation sites (tertiary alicyclic amines) is 1. The number of nitrogens with zero attached hydrogens (tertiary/aromatic N) is 2. The molecule has 2 aromatic rings. The van der Waals surface area contributed by atoms with Crippen molar-refractivity contribution in [3.8, 4) is 0 Å². The van der Waals surface area contributed by atoms with Gasteiger partial charge in [0.2, 0.25) is 5.91 Å². The van der Waals surface area contributed by atoms with E-state index in [1.54, 1.807) is 29.8 Å². The highest BCUT2D eigenvalue weighted by Crippen LogP contribution is 2.34. The summed E-state index contributed by atoms with van der Waals surface area (Å²) < 4.78 is 0. The number of amides is 1. The van der Waals surface area contributed by atoms with Crippen LogP contribution in [0, 0.1) is 0 Å². The van der Waals surface area contributed by atoms with Crippen LogP contribution in [0.25, 0.3) is 6.08 Å². The molecule has 20 heavy (non-hydrogen) atoms. The van der Waals surface area contributed by atoms with Crippen molar-refractivity contribution < 1.29 is 4.79 Å². The molecule has 0 saturated carbocycles. The predicted octanol–water partition coefficient (Wildman–Crippen LogP) is 3.52. The van der Waals surface area contributed by atoms with Crippen LogP contribution in [0.2, 0.25) is 0 Å². The van der Waals surface area contributed by atoms with Gasteiger partial charge in [0, 0.05) is 29.9 Å². The van der Waals surface area contributed by atoms with Gasteiger partial charge in [-0.25, -0.2) is 0 Å². The molecule has 0 bridgehead atoms. The first-order valence-corrected chi connectivity index (χ1v) is 7.65. The summed E-state index contributed by atoms with van der Waals surface area (Å²) in [4.78, 5) is 19.6. The molecular weight excluding hydrogens is 268 g/mol. The van der Waals surface area contributed by atoms with E-state index in [4.69, 9.17) is 0 Å². The summed E-state index contributed by atoms with van der Waals surface area (Å²) in [6, 6.07) is 8.23. The monoisotopic (exact) mass is 284 g/mol. The Hall–Kier alpha value is -1.94. The summed E-state index contributed by atoms with van der Waals surface area (Å²) in [6.07, 6.45) is 9.11. The summed E-state index contributed by atoms with van der Waals surface area (Å²) in [5.74, 6) is 0.0877. The lowest BCUT2D eigenvalue weighted by molar-refractivity contribution is -0.126. The Labute approximate surface area is 122 Å². The molecule has 1 aliphatic rings. The van der Waals surface area contributed by atoms with E-state index >= 15 is 0 Å². The number of carbonyl (C=O) groups is 1. The quantitative estimate of drug-likeness (QED) is 0.808. The lowest BCUT2D eigenvalue weighted by Crippen LogP contribution is -2.28. The Bertz CT molecular complexity index is 592. The van der Waals surface area contributed by atoms with Crippen LogP contribution in [0.3, 0.4) is 0 Å². The van der Waals surface area contributed by atoms with Crippen LogP contribution in [-0.4, -0.2) is 22.3 Å². The molecule has 102 valence electrons. The minimum Gasteiger partial charge on any atom is -0.331 e. The number of thiophene rings is 1. The number of carbonyl (C=O) groups excluding carboxylic acids is 1. The second-order valence-electron chi connectivity index (χ2n) is 4.82. The van der Waals surface area contributed by atoms with Crippen LogP contribution in [0.4, 0.5) is 0 Å². The lowest BCUT2D eigenvalue weighted by atomic mass is 10.2. The summed E-state index contributed by atoms with van der Waals surface area (Å²) in [7, 11) is 0. The average molecular weight is 284 g/mol. The van der Waals surface area contributed by atoms with Gasteiger partial charge < -0.3 is 4.90 Å². The summed E-state index contributed by atoms with van der Waals surface area (Å²) in [6.45, 7) is 0.846. The van der Waals surface area contributed by atoms with Crippen molar-refractivity contribution in [2.75, 3.05) is 6.54 Å². The van der Waals surface area contributed by atoms with E-state index in [1.165, 1.54) is 4.88 Å². The predicted molar refractivity (Wildman–Crippen MR) is 81.3 cm³/mol. The number of hydrogen-bond acceptors (Lipinski definition) is 3. The minimum absolute atomic E-state index is 0.0877. The first-order valence-electron chi connectivity index (χ1n) is 6.77. The molecule has 3 rings (SSSR count). The van der Waals surface area contributed by atoms with Gasteiger partial charge in [-0.2, -0.15) is 0 Å². The van der Waals surface area contributed by atoms with Crippen molar-refractivity contribution in [1.29, 1.82) is 0 Å². The second kappa shape index (κ2) is 6.01. The fourth-order valence-corrected chi connectivity index (χ4v) is 3.42. The molecule has 0 aromatic carbocycles. The molecule has 1 aliphatic heterocycles. The van der Waals surface area contributed by atoms with Gasteiger partial charge in [-0.3, -0.25) is 9.78 Å². The van der Waals surface area contributed by atoms with Crippen molar-refractivity contribution in [2.45, 2.75) is 18.9 Å². The van der Waals surface area contributed by atoms with Gasteiger partial charge >= 0.3 is 0 Å². The maximum absolute atomic E-state index is 12.3. The fourth-order valence-electron chi connectivity index (χ4n) is 2.54. The highest BCUT2D eigenvalue weighted by Gasteiger charge is 2.29. The molecule has 1 unspecified atom stereocenters. The van der Waals surface area contributed by atoms with Crippen molar-refractivity contribution in [3.63, 3.8) is 0 Å². The molecule has 0 N–H and O–H groups in total. The van der Waals surface area contributed by atoms with Crippen molar-refractivity contribution in [3.05, 3.63) is 58.6 Å². The Morgan fingerprint density at radius 1 is 1.40 bits per heavy atom. The molecule has 4 heteroatoms. The highest BCUT2D eigenvalue weighted by atomic mass is 32.1. The van der Waals surface area contributed by atoms with Gasteiger partial charge in [-0.15, -0.1) is 11.3 Å². The van der Waals surface area contributed by atoms with Gasteiger partial charge in [0.1, 0.15) is 0 Å². The van der Waals surface area contributed by atoms with Gasteiger partial charge in [0.15, 0.2) is 0 Å². The number of rotatable bonds is 3. The molecule has 0 radical (unpaired) electrons. The number of aromatic nitrogens is 1. The van der Waals surface area contributed by atoms with Gasteiger partial charge in [-0.1, -0.05) is 12.1 Å². The molecule has 1 amide bonds. The molecular formula is C16H16N2OS. The van der Waals surface area contributed by atoms with E-state index in [1.807, 2.05) is 29.2 Å². The first-order chi connectivity index (χ1) is 9.84. The van der Waals surface area contributed by atoms with E-state index in [2.05, 4.69) is 16.4 Å². The normalized spacial score (nSPS) is 18.8. The van der Waals surface area contributed by atoms with Gasteiger partial charge in [0.05, 0.1) is 6.04 Å². The van der Waals surface area contributed by atoms with E-state index < -0.39 is 0 Å². The smallest absolute Gasteiger partial charge is 0.247 e. The standard InChI is InChI=1S/C16H16N2OS/c19-16(8-7-13-4-1-9-17-12-13)18-10-2-5-14(18)15-6-3-11-20-15/h1,3-4,6-9,11-12,14H,2,5,10H2/b8-7+. The van der Waals surface area contributed by atoms with Crippen molar-refractivity contribution in [2.24, 2.45) is 0 Å². The Morgan fingerprint density at radius 3 is 3.10 bits per heavy atom. The molecule has 3 nitrogen and oxygen atoms in total. The number of hydrogen-bond donors (Lipinski definition) is 0. The van der Waals surface area contributed by atoms with E-state index in [0.29, 0.717) is 0 Å². The Balaban J connectivity index is 1.72. The zero-order valence-corrected chi connectivity index (χ0v) is 11.9. The van der Waals surface area contributed by atoms with Crippen LogP contribution in [0.1, 0.15) is 29.3 Å². The lowest BCUT2D eigenvalue weighted by Gasteiger charge is -2.22. The Kier molecular flexibility index (Phi) is 3.92. The van der Waals surface area contributed by atoms with Gasteiger partial charge in [-0.05, 0) is 42.0 Å². The largest absolute Gasteiger partial charge is 0.331 e. The third kappa shape index (κ3) is 2.80. The summed E-state index contributed by atoms with van der Waals surface area (Å²) in [5.41, 5.74) is 0.952. The van der Waals surface area contributed by atoms with E-state index in [-0.39, 0.29) is 11.9 Å². The minimum atomic E-state index is 0.0877. The summed E-state index contributed by atoms with van der Waals surface area (Å²) >= 11 is 1.73. The number of pyridine rings is 1. The van der Waals surface area contributed by atoms with Crippen LogP contribution < -0.4 is 0 Å². The first kappa shape index (κ1) is 13.1. The third-order valence-corrected chi connectivity index (χ3v) is 4.48. The fraction of sp³-hybridized carbons (Fsp3) is 0.250. The van der Waals surface area contributed by atoms with Crippen LogP contribution >= 0.6 is 11.3 Å². The molecule has 3 heterocycles. The molecule has 0 aliphatic carbocycles. The SMILES string of the molecule is O=C(/C=C/c1cccnc1)N1CCCC1c1cccs1. The zero-order chi connectivity index (χ0) is 13.8. The Morgan fingerprint density at radius 2 is 2.35 bits per heavy atom. The molecule has 1 fully saturated rings.